The summed E-state index contributed by atoms with van der Waals surface area (Å²) in [5, 5.41) is 3.28. The van der Waals surface area contributed by atoms with Crippen molar-refractivity contribution in [2.45, 2.75) is 45.6 Å². The van der Waals surface area contributed by atoms with Gasteiger partial charge in [-0.3, -0.25) is 4.79 Å². The van der Waals surface area contributed by atoms with Gasteiger partial charge in [-0.15, -0.1) is 0 Å². The average molecular weight is 389 g/mol. The van der Waals surface area contributed by atoms with E-state index in [2.05, 4.69) is 27.1 Å². The lowest BCUT2D eigenvalue weighted by atomic mass is 10.00. The Morgan fingerprint density at radius 3 is 2.85 bits per heavy atom. The van der Waals surface area contributed by atoms with E-state index in [-0.39, 0.29) is 5.91 Å². The first-order valence-corrected chi connectivity index (χ1v) is 9.66. The number of carbonyl (C=O) groups is 1. The first-order chi connectivity index (χ1) is 13.0. The second-order valence-corrected chi connectivity index (χ2v) is 7.12. The van der Waals surface area contributed by atoms with Crippen LogP contribution in [0.4, 0.5) is 11.5 Å². The Labute approximate surface area is 164 Å². The predicted octanol–water partition coefficient (Wildman–Crippen LogP) is 4.47. The highest BCUT2D eigenvalue weighted by molar-refractivity contribution is 6.32. The zero-order valence-corrected chi connectivity index (χ0v) is 16.7. The predicted molar refractivity (Wildman–Crippen MR) is 108 cm³/mol. The molecule has 1 saturated heterocycles. The summed E-state index contributed by atoms with van der Waals surface area (Å²) in [5.41, 5.74) is 0.942. The van der Waals surface area contributed by atoms with Crippen LogP contribution in [0.25, 0.3) is 0 Å². The van der Waals surface area contributed by atoms with Gasteiger partial charge in [-0.05, 0) is 50.8 Å². The quantitative estimate of drug-likeness (QED) is 0.818. The Bertz CT molecular complexity index is 828. The Kier molecular flexibility index (Phi) is 6.16. The second-order valence-electron chi connectivity index (χ2n) is 6.71. The molecule has 27 heavy (non-hydrogen) atoms. The van der Waals surface area contributed by atoms with E-state index in [1.807, 2.05) is 6.92 Å². The normalized spacial score (nSPS) is 16.9. The van der Waals surface area contributed by atoms with Crippen molar-refractivity contribution < 1.29 is 9.53 Å². The lowest BCUT2D eigenvalue weighted by molar-refractivity contribution is 0.102. The summed E-state index contributed by atoms with van der Waals surface area (Å²) in [6, 6.07) is 7.36. The van der Waals surface area contributed by atoms with E-state index >= 15 is 0 Å². The zero-order valence-electron chi connectivity index (χ0n) is 16.0. The van der Waals surface area contributed by atoms with Crippen molar-refractivity contribution in [2.24, 2.45) is 0 Å². The summed E-state index contributed by atoms with van der Waals surface area (Å²) < 4.78 is 5.14. The van der Waals surface area contributed by atoms with Gasteiger partial charge in [0.25, 0.3) is 5.91 Å². The van der Waals surface area contributed by atoms with Crippen LogP contribution in [0.2, 0.25) is 5.02 Å². The van der Waals surface area contributed by atoms with Crippen LogP contribution in [0.3, 0.4) is 0 Å². The van der Waals surface area contributed by atoms with E-state index in [9.17, 15) is 4.79 Å². The fourth-order valence-electron chi connectivity index (χ4n) is 3.48. The molecule has 1 amide bonds. The van der Waals surface area contributed by atoms with E-state index in [1.54, 1.807) is 31.4 Å². The fourth-order valence-corrected chi connectivity index (χ4v) is 3.74. The molecule has 0 saturated carbocycles. The van der Waals surface area contributed by atoms with E-state index in [4.69, 9.17) is 16.3 Å². The number of nitrogens with zero attached hydrogens (tertiary/aromatic N) is 3. The van der Waals surface area contributed by atoms with E-state index in [0.717, 1.165) is 31.6 Å². The number of benzene rings is 1. The Balaban J connectivity index is 1.82. The van der Waals surface area contributed by atoms with Crippen LogP contribution in [-0.2, 0) is 0 Å². The molecule has 144 valence electrons. The molecule has 1 aromatic heterocycles. The molecule has 7 heteroatoms. The molecule has 1 unspecified atom stereocenters. The number of amides is 1. The molecule has 3 rings (SSSR count). The number of hydrogen-bond donors (Lipinski definition) is 1. The molecule has 2 aromatic rings. The van der Waals surface area contributed by atoms with Crippen molar-refractivity contribution in [3.63, 3.8) is 0 Å². The largest absolute Gasteiger partial charge is 0.495 e. The number of aromatic nitrogens is 2. The van der Waals surface area contributed by atoms with Crippen molar-refractivity contribution in [3.05, 3.63) is 40.8 Å². The van der Waals surface area contributed by atoms with Crippen molar-refractivity contribution in [1.82, 2.24) is 9.97 Å². The Hall–Kier alpha value is -2.34. The molecule has 0 aliphatic carbocycles. The van der Waals surface area contributed by atoms with Crippen molar-refractivity contribution in [3.8, 4) is 5.75 Å². The molecule has 2 heterocycles. The molecule has 0 spiro atoms. The molecule has 1 fully saturated rings. The van der Waals surface area contributed by atoms with Crippen LogP contribution in [0, 0.1) is 6.92 Å². The Morgan fingerprint density at radius 2 is 2.15 bits per heavy atom. The minimum Gasteiger partial charge on any atom is -0.495 e. The summed E-state index contributed by atoms with van der Waals surface area (Å²) in [6.45, 7) is 4.97. The molecule has 6 nitrogen and oxygen atoms in total. The third kappa shape index (κ3) is 4.50. The lowest BCUT2D eigenvalue weighted by Crippen LogP contribution is -2.40. The maximum absolute atomic E-state index is 12.7. The average Bonchev–Trinajstić information content (AvgIpc) is 2.67. The summed E-state index contributed by atoms with van der Waals surface area (Å²) in [5.74, 6) is 1.69. The third-order valence-corrected chi connectivity index (χ3v) is 5.15. The van der Waals surface area contributed by atoms with Crippen molar-refractivity contribution >= 4 is 29.0 Å². The number of carbonyl (C=O) groups excluding carboxylic acids is 1. The second kappa shape index (κ2) is 8.57. The Morgan fingerprint density at radius 1 is 1.33 bits per heavy atom. The van der Waals surface area contributed by atoms with Crippen LogP contribution in [0.5, 0.6) is 5.75 Å². The molecule has 1 aliphatic heterocycles. The number of hydrogen-bond acceptors (Lipinski definition) is 5. The number of methoxy groups -OCH3 is 1. The zero-order chi connectivity index (χ0) is 19.4. The van der Waals surface area contributed by atoms with E-state index < -0.39 is 0 Å². The molecular weight excluding hydrogens is 364 g/mol. The fraction of sp³-hybridized carbons (Fsp3) is 0.450. The number of halogens is 1. The van der Waals surface area contributed by atoms with Gasteiger partial charge in [0.2, 0.25) is 0 Å². The minimum atomic E-state index is -0.284. The maximum atomic E-state index is 12.7. The molecule has 1 atom stereocenters. The number of aryl methyl sites for hydroxylation is 1. The van der Waals surface area contributed by atoms with E-state index in [1.165, 1.54) is 6.42 Å². The van der Waals surface area contributed by atoms with Gasteiger partial charge in [0.15, 0.2) is 0 Å². The summed E-state index contributed by atoms with van der Waals surface area (Å²) in [7, 11) is 1.55. The maximum Gasteiger partial charge on any atom is 0.274 e. The molecule has 1 aliphatic rings. The number of anilines is 2. The molecule has 1 N–H and O–H groups in total. The molecule has 0 radical (unpaired) electrons. The lowest BCUT2D eigenvalue weighted by Gasteiger charge is -2.36. The summed E-state index contributed by atoms with van der Waals surface area (Å²) in [6.07, 6.45) is 4.61. The number of rotatable bonds is 5. The van der Waals surface area contributed by atoms with Crippen LogP contribution in [0.1, 0.15) is 48.9 Å². The van der Waals surface area contributed by atoms with Crippen molar-refractivity contribution in [1.29, 1.82) is 0 Å². The van der Waals surface area contributed by atoms with Crippen LogP contribution in [0.15, 0.2) is 24.3 Å². The highest BCUT2D eigenvalue weighted by Gasteiger charge is 2.23. The van der Waals surface area contributed by atoms with E-state index in [0.29, 0.717) is 34.0 Å². The van der Waals surface area contributed by atoms with Gasteiger partial charge in [-0.1, -0.05) is 18.5 Å². The molecule has 0 bridgehead atoms. The van der Waals surface area contributed by atoms with Crippen LogP contribution >= 0.6 is 11.6 Å². The standard InChI is InChI=1S/C20H25ClN4O2/c1-4-15-7-5-6-10-25(15)19-12-17(22-13(2)23-19)20(26)24-14-8-9-18(27-3)16(21)11-14/h8-9,11-12,15H,4-7,10H2,1-3H3,(H,24,26). The van der Waals surface area contributed by atoms with Gasteiger partial charge in [-0.2, -0.15) is 0 Å². The monoisotopic (exact) mass is 388 g/mol. The van der Waals surface area contributed by atoms with Crippen LogP contribution < -0.4 is 15.0 Å². The SMILES string of the molecule is CCC1CCCCN1c1cc(C(=O)Nc2ccc(OC)c(Cl)c2)nc(C)n1. The molecular formula is C20H25ClN4O2. The van der Waals surface area contributed by atoms with Gasteiger partial charge >= 0.3 is 0 Å². The first-order valence-electron chi connectivity index (χ1n) is 9.29. The molecule has 1 aromatic carbocycles. The van der Waals surface area contributed by atoms with Crippen LogP contribution in [-0.4, -0.2) is 35.6 Å². The summed E-state index contributed by atoms with van der Waals surface area (Å²) in [4.78, 5) is 23.9. The highest BCUT2D eigenvalue weighted by atomic mass is 35.5. The topological polar surface area (TPSA) is 67.4 Å². The smallest absolute Gasteiger partial charge is 0.274 e. The number of piperidine rings is 1. The van der Waals surface area contributed by atoms with Gasteiger partial charge in [0, 0.05) is 24.3 Å². The van der Waals surface area contributed by atoms with Crippen molar-refractivity contribution in [2.75, 3.05) is 23.9 Å². The third-order valence-electron chi connectivity index (χ3n) is 4.86. The number of nitrogens with one attached hydrogen (secondary N) is 1. The first kappa shape index (κ1) is 19.4. The van der Waals surface area contributed by atoms with Gasteiger partial charge in [-0.25, -0.2) is 9.97 Å². The van der Waals surface area contributed by atoms with Gasteiger partial charge in [0.1, 0.15) is 23.1 Å². The number of ether oxygens (including phenoxy) is 1. The summed E-state index contributed by atoms with van der Waals surface area (Å²) >= 11 is 6.13. The minimum absolute atomic E-state index is 0.284. The van der Waals surface area contributed by atoms with Gasteiger partial charge < -0.3 is 15.0 Å². The van der Waals surface area contributed by atoms with Gasteiger partial charge in [0.05, 0.1) is 12.1 Å². The highest BCUT2D eigenvalue weighted by Crippen LogP contribution is 2.28.